The highest BCUT2D eigenvalue weighted by molar-refractivity contribution is 5.78. The minimum Gasteiger partial charge on any atom is -0.390 e. The summed E-state index contributed by atoms with van der Waals surface area (Å²) in [4.78, 5) is 16.1. The molecule has 0 spiro atoms. The number of β-amino-alcohol motifs (C(OH)–C–C–N with tert-alkyl or cyclic N) is 1. The van der Waals surface area contributed by atoms with Crippen molar-refractivity contribution in [1.29, 1.82) is 0 Å². The number of hydrogen-bond donors (Lipinski definition) is 2. The minimum absolute atomic E-state index is 0.0377. The van der Waals surface area contributed by atoms with Gasteiger partial charge in [0.05, 0.1) is 12.6 Å². The number of nitrogens with one attached hydrogen (secondary N) is 1. The van der Waals surface area contributed by atoms with Gasteiger partial charge in [0.2, 0.25) is 5.91 Å². The van der Waals surface area contributed by atoms with Crippen LogP contribution in [0.2, 0.25) is 0 Å². The fourth-order valence-corrected chi connectivity index (χ4v) is 2.77. The summed E-state index contributed by atoms with van der Waals surface area (Å²) in [5.41, 5.74) is 2.75. The topological polar surface area (TPSA) is 55.8 Å². The molecule has 5 nitrogen and oxygen atoms in total. The molecule has 1 aliphatic rings. The molecule has 2 N–H and O–H groups in total. The van der Waals surface area contributed by atoms with Crippen LogP contribution in [0.15, 0.2) is 24.3 Å². The summed E-state index contributed by atoms with van der Waals surface area (Å²) in [6.45, 7) is 7.20. The lowest BCUT2D eigenvalue weighted by Crippen LogP contribution is -2.44. The van der Waals surface area contributed by atoms with Gasteiger partial charge in [0.15, 0.2) is 0 Å². The molecule has 23 heavy (non-hydrogen) atoms. The Hall–Kier alpha value is -1.43. The van der Waals surface area contributed by atoms with Crippen molar-refractivity contribution in [3.63, 3.8) is 0 Å². The van der Waals surface area contributed by atoms with E-state index >= 15 is 0 Å². The molecule has 1 atom stereocenters. The van der Waals surface area contributed by atoms with Crippen LogP contribution in [0.5, 0.6) is 0 Å². The number of rotatable bonds is 7. The normalized spacial score (nSPS) is 16.4. The number of likely N-dealkylation sites (N-methyl/N-ethyl adjacent to an activating group) is 1. The molecule has 2 rings (SSSR count). The summed E-state index contributed by atoms with van der Waals surface area (Å²) >= 11 is 0. The van der Waals surface area contributed by atoms with Crippen molar-refractivity contribution in [3.05, 3.63) is 35.4 Å². The molecule has 0 radical (unpaired) electrons. The van der Waals surface area contributed by atoms with Gasteiger partial charge in [-0.3, -0.25) is 14.6 Å². The molecule has 1 amide bonds. The molecule has 0 aromatic heterocycles. The third-order valence-electron chi connectivity index (χ3n) is 4.49. The monoisotopic (exact) mass is 319 g/mol. The average molecular weight is 319 g/mol. The zero-order valence-electron chi connectivity index (χ0n) is 14.5. The summed E-state index contributed by atoms with van der Waals surface area (Å²) in [5, 5.41) is 13.0. The minimum atomic E-state index is -0.534. The standard InChI is InChI=1S/C18H29N3O2/c1-14(2)20(3)13-18(23)19-10-17(22)12-21-9-8-15-6-4-5-7-16(15)11-21/h4-7,14,17,22H,8-13H2,1-3H3,(H,19,23). The second kappa shape index (κ2) is 8.43. The fourth-order valence-electron chi connectivity index (χ4n) is 2.77. The molecule has 5 heteroatoms. The van der Waals surface area contributed by atoms with E-state index in [0.717, 1.165) is 19.5 Å². The van der Waals surface area contributed by atoms with Gasteiger partial charge in [-0.2, -0.15) is 0 Å². The van der Waals surface area contributed by atoms with Gasteiger partial charge in [0, 0.05) is 32.2 Å². The van der Waals surface area contributed by atoms with Crippen LogP contribution >= 0.6 is 0 Å². The number of aliphatic hydroxyl groups is 1. The maximum atomic E-state index is 11.8. The van der Waals surface area contributed by atoms with Gasteiger partial charge in [0.25, 0.3) is 0 Å². The van der Waals surface area contributed by atoms with Crippen LogP contribution in [0.3, 0.4) is 0 Å². The Balaban J connectivity index is 1.71. The summed E-state index contributed by atoms with van der Waals surface area (Å²) in [5.74, 6) is -0.0377. The van der Waals surface area contributed by atoms with E-state index < -0.39 is 6.10 Å². The molecule has 0 bridgehead atoms. The lowest BCUT2D eigenvalue weighted by molar-refractivity contribution is -0.122. The first-order chi connectivity index (χ1) is 11.0. The highest BCUT2D eigenvalue weighted by atomic mass is 16.3. The molecule has 0 aliphatic carbocycles. The van der Waals surface area contributed by atoms with Gasteiger partial charge in [-0.05, 0) is 38.4 Å². The quantitative estimate of drug-likeness (QED) is 0.783. The Labute approximate surface area is 139 Å². The van der Waals surface area contributed by atoms with Gasteiger partial charge in [-0.25, -0.2) is 0 Å². The van der Waals surface area contributed by atoms with E-state index in [9.17, 15) is 9.90 Å². The molecular weight excluding hydrogens is 290 g/mol. The number of benzene rings is 1. The molecule has 1 aliphatic heterocycles. The lowest BCUT2D eigenvalue weighted by atomic mass is 10.00. The average Bonchev–Trinajstić information content (AvgIpc) is 2.52. The third kappa shape index (κ3) is 5.61. The molecule has 0 saturated carbocycles. The predicted octanol–water partition coefficient (Wildman–Crippen LogP) is 0.862. The van der Waals surface area contributed by atoms with Crippen LogP contribution in [0.1, 0.15) is 25.0 Å². The largest absolute Gasteiger partial charge is 0.390 e. The number of carbonyl (C=O) groups excluding carboxylic acids is 1. The van der Waals surface area contributed by atoms with Crippen molar-refractivity contribution in [3.8, 4) is 0 Å². The van der Waals surface area contributed by atoms with Gasteiger partial charge in [0.1, 0.15) is 0 Å². The Morgan fingerprint density at radius 1 is 1.35 bits per heavy atom. The van der Waals surface area contributed by atoms with E-state index in [1.165, 1.54) is 11.1 Å². The number of fused-ring (bicyclic) bond motifs is 1. The summed E-state index contributed by atoms with van der Waals surface area (Å²) in [6.07, 6.45) is 0.489. The number of hydrogen-bond acceptors (Lipinski definition) is 4. The zero-order chi connectivity index (χ0) is 16.8. The zero-order valence-corrected chi connectivity index (χ0v) is 14.5. The van der Waals surface area contributed by atoms with E-state index in [0.29, 0.717) is 25.7 Å². The van der Waals surface area contributed by atoms with Crippen LogP contribution in [0.4, 0.5) is 0 Å². The first-order valence-corrected chi connectivity index (χ1v) is 8.40. The Morgan fingerprint density at radius 3 is 2.74 bits per heavy atom. The Bertz CT molecular complexity index is 519. The van der Waals surface area contributed by atoms with Crippen LogP contribution < -0.4 is 5.32 Å². The van der Waals surface area contributed by atoms with E-state index in [1.807, 2.05) is 11.9 Å². The summed E-state index contributed by atoms with van der Waals surface area (Å²) in [6, 6.07) is 8.79. The molecule has 0 saturated heterocycles. The highest BCUT2D eigenvalue weighted by Gasteiger charge is 2.19. The Kier molecular flexibility index (Phi) is 6.57. The smallest absolute Gasteiger partial charge is 0.234 e. The fraction of sp³-hybridized carbons (Fsp3) is 0.611. The third-order valence-corrected chi connectivity index (χ3v) is 4.49. The maximum Gasteiger partial charge on any atom is 0.234 e. The molecule has 1 unspecified atom stereocenters. The van der Waals surface area contributed by atoms with Crippen molar-refractivity contribution in [2.45, 2.75) is 39.0 Å². The van der Waals surface area contributed by atoms with Crippen molar-refractivity contribution < 1.29 is 9.90 Å². The summed E-state index contributed by atoms with van der Waals surface area (Å²) < 4.78 is 0. The van der Waals surface area contributed by atoms with Crippen LogP contribution in [-0.4, -0.2) is 66.2 Å². The second-order valence-corrected chi connectivity index (χ2v) is 6.72. The van der Waals surface area contributed by atoms with Crippen LogP contribution in [-0.2, 0) is 17.8 Å². The SMILES string of the molecule is CC(C)N(C)CC(=O)NCC(O)CN1CCc2ccccc2C1. The van der Waals surface area contributed by atoms with Gasteiger partial charge >= 0.3 is 0 Å². The van der Waals surface area contributed by atoms with Crippen LogP contribution in [0.25, 0.3) is 0 Å². The number of amides is 1. The van der Waals surface area contributed by atoms with E-state index in [1.54, 1.807) is 0 Å². The van der Waals surface area contributed by atoms with Gasteiger partial charge < -0.3 is 10.4 Å². The summed E-state index contributed by atoms with van der Waals surface area (Å²) in [7, 11) is 1.92. The van der Waals surface area contributed by atoms with Gasteiger partial charge in [-0.15, -0.1) is 0 Å². The van der Waals surface area contributed by atoms with Crippen molar-refractivity contribution >= 4 is 5.91 Å². The van der Waals surface area contributed by atoms with Crippen molar-refractivity contribution in [1.82, 2.24) is 15.1 Å². The number of nitrogens with zero attached hydrogens (tertiary/aromatic N) is 2. The Morgan fingerprint density at radius 2 is 2.04 bits per heavy atom. The molecule has 1 aromatic carbocycles. The van der Waals surface area contributed by atoms with Crippen molar-refractivity contribution in [2.24, 2.45) is 0 Å². The van der Waals surface area contributed by atoms with Gasteiger partial charge in [-0.1, -0.05) is 24.3 Å². The number of aliphatic hydroxyl groups excluding tert-OH is 1. The molecule has 1 aromatic rings. The molecule has 0 fully saturated rings. The van der Waals surface area contributed by atoms with E-state index in [-0.39, 0.29) is 5.91 Å². The lowest BCUT2D eigenvalue weighted by Gasteiger charge is -2.30. The van der Waals surface area contributed by atoms with E-state index in [4.69, 9.17) is 0 Å². The highest BCUT2D eigenvalue weighted by Crippen LogP contribution is 2.18. The molecular formula is C18H29N3O2. The molecule has 1 heterocycles. The second-order valence-electron chi connectivity index (χ2n) is 6.72. The number of carbonyl (C=O) groups is 1. The maximum absolute atomic E-state index is 11.8. The van der Waals surface area contributed by atoms with Crippen molar-refractivity contribution in [2.75, 3.05) is 33.2 Å². The van der Waals surface area contributed by atoms with E-state index in [2.05, 4.69) is 48.3 Å². The van der Waals surface area contributed by atoms with Crippen LogP contribution in [0, 0.1) is 0 Å². The first kappa shape index (κ1) is 17.9. The first-order valence-electron chi connectivity index (χ1n) is 8.40. The predicted molar refractivity (Wildman–Crippen MR) is 92.2 cm³/mol. The molecule has 128 valence electrons.